The highest BCUT2D eigenvalue weighted by Crippen LogP contribution is 2.31. The van der Waals surface area contributed by atoms with E-state index in [0.717, 1.165) is 0 Å². The van der Waals surface area contributed by atoms with E-state index < -0.39 is 0 Å². The van der Waals surface area contributed by atoms with Crippen molar-refractivity contribution in [1.29, 1.82) is 0 Å². The van der Waals surface area contributed by atoms with E-state index in [2.05, 4.69) is 69.3 Å². The summed E-state index contributed by atoms with van der Waals surface area (Å²) in [5.41, 5.74) is 9.01. The third-order valence-corrected chi connectivity index (χ3v) is 4.33. The molecule has 0 aliphatic carbocycles. The predicted octanol–water partition coefficient (Wildman–Crippen LogP) is 6.00. The van der Waals surface area contributed by atoms with Crippen LogP contribution in [0.3, 0.4) is 0 Å². The van der Waals surface area contributed by atoms with E-state index >= 15 is 0 Å². The first-order valence-electron chi connectivity index (χ1n) is 8.43. The highest BCUT2D eigenvalue weighted by atomic mass is 16.5. The van der Waals surface area contributed by atoms with Gasteiger partial charge in [0.05, 0.1) is 13.2 Å². The molecule has 0 fully saturated rings. The fraction of sp³-hybridized carbons (Fsp3) is 0.217. The van der Waals surface area contributed by atoms with Crippen molar-refractivity contribution in [3.8, 4) is 11.1 Å². The van der Waals surface area contributed by atoms with E-state index in [1.807, 2.05) is 18.2 Å². The second-order valence-electron chi connectivity index (χ2n) is 6.41. The Balaban J connectivity index is 1.84. The first-order chi connectivity index (χ1) is 11.6. The van der Waals surface area contributed by atoms with Crippen LogP contribution >= 0.6 is 0 Å². The van der Waals surface area contributed by atoms with E-state index in [4.69, 9.17) is 4.74 Å². The first-order valence-corrected chi connectivity index (χ1v) is 8.43. The fourth-order valence-corrected chi connectivity index (χ4v) is 3.35. The molecule has 0 bridgehead atoms. The summed E-state index contributed by atoms with van der Waals surface area (Å²) in [4.78, 5) is 0. The third kappa shape index (κ3) is 3.74. The van der Waals surface area contributed by atoms with Gasteiger partial charge in [0.1, 0.15) is 0 Å². The van der Waals surface area contributed by atoms with Crippen LogP contribution in [0.25, 0.3) is 11.1 Å². The van der Waals surface area contributed by atoms with E-state index in [9.17, 15) is 0 Å². The van der Waals surface area contributed by atoms with Crippen LogP contribution in [0.4, 0.5) is 0 Å². The molecule has 0 aliphatic rings. The van der Waals surface area contributed by atoms with Crippen molar-refractivity contribution in [3.05, 3.63) is 94.5 Å². The largest absolute Gasteiger partial charge is 0.372 e. The topological polar surface area (TPSA) is 9.23 Å². The Hall–Kier alpha value is -2.38. The van der Waals surface area contributed by atoms with Crippen molar-refractivity contribution in [3.63, 3.8) is 0 Å². The maximum atomic E-state index is 5.97. The number of rotatable bonds is 5. The van der Waals surface area contributed by atoms with Crippen LogP contribution in [0, 0.1) is 20.8 Å². The molecular formula is C23H24O. The molecule has 0 amide bonds. The lowest BCUT2D eigenvalue weighted by Gasteiger charge is -2.16. The molecule has 0 heterocycles. The molecule has 0 radical (unpaired) electrons. The van der Waals surface area contributed by atoms with Gasteiger partial charge in [-0.15, -0.1) is 0 Å². The average Bonchev–Trinajstić information content (AvgIpc) is 2.56. The standard InChI is InChI=1S/C23H24O/c1-17-13-18(2)23(19(3)14-17)22-12-8-7-11-21(22)16-24-15-20-9-5-4-6-10-20/h4-14H,15-16H2,1-3H3. The summed E-state index contributed by atoms with van der Waals surface area (Å²) in [6.45, 7) is 7.80. The van der Waals surface area contributed by atoms with Gasteiger partial charge in [0.2, 0.25) is 0 Å². The molecule has 0 spiro atoms. The maximum absolute atomic E-state index is 5.97. The van der Waals surface area contributed by atoms with Gasteiger partial charge in [-0.2, -0.15) is 0 Å². The van der Waals surface area contributed by atoms with E-state index in [0.29, 0.717) is 13.2 Å². The highest BCUT2D eigenvalue weighted by molar-refractivity contribution is 5.74. The van der Waals surface area contributed by atoms with Gasteiger partial charge in [-0.25, -0.2) is 0 Å². The summed E-state index contributed by atoms with van der Waals surface area (Å²) in [5.74, 6) is 0. The molecule has 3 rings (SSSR count). The quantitative estimate of drug-likeness (QED) is 0.561. The summed E-state index contributed by atoms with van der Waals surface area (Å²) in [6.07, 6.45) is 0. The number of hydrogen-bond acceptors (Lipinski definition) is 1. The van der Waals surface area contributed by atoms with Gasteiger partial charge in [-0.05, 0) is 54.2 Å². The minimum atomic E-state index is 0.623. The number of hydrogen-bond donors (Lipinski definition) is 0. The normalized spacial score (nSPS) is 10.8. The summed E-state index contributed by atoms with van der Waals surface area (Å²) in [7, 11) is 0. The first kappa shape index (κ1) is 16.5. The monoisotopic (exact) mass is 316 g/mol. The summed E-state index contributed by atoms with van der Waals surface area (Å²) < 4.78 is 5.97. The molecule has 1 nitrogen and oxygen atoms in total. The Morgan fingerprint density at radius 3 is 2.04 bits per heavy atom. The van der Waals surface area contributed by atoms with Crippen LogP contribution in [0.5, 0.6) is 0 Å². The molecular weight excluding hydrogens is 292 g/mol. The van der Waals surface area contributed by atoms with Gasteiger partial charge in [0, 0.05) is 0 Å². The molecule has 0 unspecified atom stereocenters. The van der Waals surface area contributed by atoms with Crippen LogP contribution in [-0.4, -0.2) is 0 Å². The number of benzene rings is 3. The summed E-state index contributed by atoms with van der Waals surface area (Å²) in [6, 6.07) is 23.4. The summed E-state index contributed by atoms with van der Waals surface area (Å²) >= 11 is 0. The van der Waals surface area contributed by atoms with E-state index in [1.54, 1.807) is 0 Å². The maximum Gasteiger partial charge on any atom is 0.0727 e. The lowest BCUT2D eigenvalue weighted by Crippen LogP contribution is -1.98. The lowest BCUT2D eigenvalue weighted by molar-refractivity contribution is 0.107. The van der Waals surface area contributed by atoms with Crippen molar-refractivity contribution >= 4 is 0 Å². The lowest BCUT2D eigenvalue weighted by atomic mass is 9.91. The smallest absolute Gasteiger partial charge is 0.0727 e. The molecule has 0 saturated carbocycles. The molecule has 122 valence electrons. The van der Waals surface area contributed by atoms with Gasteiger partial charge in [0.25, 0.3) is 0 Å². The zero-order valence-electron chi connectivity index (χ0n) is 14.7. The second-order valence-corrected chi connectivity index (χ2v) is 6.41. The van der Waals surface area contributed by atoms with Crippen LogP contribution in [0.15, 0.2) is 66.7 Å². The minimum Gasteiger partial charge on any atom is -0.372 e. The predicted molar refractivity (Wildman–Crippen MR) is 101 cm³/mol. The van der Waals surface area contributed by atoms with Crippen LogP contribution in [-0.2, 0) is 18.0 Å². The van der Waals surface area contributed by atoms with Crippen LogP contribution in [0.1, 0.15) is 27.8 Å². The molecule has 0 aromatic heterocycles. The molecule has 3 aromatic rings. The molecule has 1 heteroatoms. The molecule has 0 aliphatic heterocycles. The highest BCUT2D eigenvalue weighted by Gasteiger charge is 2.11. The Bertz CT molecular complexity index is 795. The van der Waals surface area contributed by atoms with Crippen molar-refractivity contribution in [2.45, 2.75) is 34.0 Å². The fourth-order valence-electron chi connectivity index (χ4n) is 3.35. The third-order valence-electron chi connectivity index (χ3n) is 4.33. The minimum absolute atomic E-state index is 0.623. The SMILES string of the molecule is Cc1cc(C)c(-c2ccccc2COCc2ccccc2)c(C)c1. The molecule has 0 saturated heterocycles. The second kappa shape index (κ2) is 7.46. The van der Waals surface area contributed by atoms with Gasteiger partial charge in [-0.1, -0.05) is 72.3 Å². The number of ether oxygens (including phenoxy) is 1. The molecule has 3 aromatic carbocycles. The molecule has 0 atom stereocenters. The van der Waals surface area contributed by atoms with Crippen molar-refractivity contribution in [1.82, 2.24) is 0 Å². The Kier molecular flexibility index (Phi) is 5.12. The number of aryl methyl sites for hydroxylation is 3. The van der Waals surface area contributed by atoms with Crippen molar-refractivity contribution < 1.29 is 4.74 Å². The molecule has 24 heavy (non-hydrogen) atoms. The van der Waals surface area contributed by atoms with E-state index in [-0.39, 0.29) is 0 Å². The van der Waals surface area contributed by atoms with Crippen molar-refractivity contribution in [2.75, 3.05) is 0 Å². The average molecular weight is 316 g/mol. The van der Waals surface area contributed by atoms with Crippen molar-refractivity contribution in [2.24, 2.45) is 0 Å². The van der Waals surface area contributed by atoms with E-state index in [1.165, 1.54) is 38.9 Å². The van der Waals surface area contributed by atoms with Gasteiger partial charge in [0.15, 0.2) is 0 Å². The zero-order valence-corrected chi connectivity index (χ0v) is 14.7. The summed E-state index contributed by atoms with van der Waals surface area (Å²) in [5, 5.41) is 0. The van der Waals surface area contributed by atoms with Gasteiger partial charge < -0.3 is 4.74 Å². The van der Waals surface area contributed by atoms with Crippen LogP contribution in [0.2, 0.25) is 0 Å². The Morgan fingerprint density at radius 2 is 1.33 bits per heavy atom. The Morgan fingerprint density at radius 1 is 0.708 bits per heavy atom. The van der Waals surface area contributed by atoms with Gasteiger partial charge in [-0.3, -0.25) is 0 Å². The zero-order chi connectivity index (χ0) is 16.9. The Labute approximate surface area is 144 Å². The van der Waals surface area contributed by atoms with Gasteiger partial charge >= 0.3 is 0 Å². The molecule has 0 N–H and O–H groups in total. The van der Waals surface area contributed by atoms with Crippen LogP contribution < -0.4 is 0 Å².